The van der Waals surface area contributed by atoms with Crippen LogP contribution >= 0.6 is 12.4 Å². The molecule has 3 N–H and O–H groups in total. The van der Waals surface area contributed by atoms with Crippen molar-refractivity contribution in [2.45, 2.75) is 12.5 Å². The molecule has 37 heavy (non-hydrogen) atoms. The number of nitrogens with zero attached hydrogens (tertiary/aromatic N) is 3. The van der Waals surface area contributed by atoms with Gasteiger partial charge in [0.25, 0.3) is 5.56 Å². The number of benzene rings is 2. The number of carbonyl (C=O) groups is 1. The average molecular weight is 523 g/mol. The Hall–Kier alpha value is -3.92. The Balaban J connectivity index is 0.00000380. The van der Waals surface area contributed by atoms with Crippen LogP contribution in [-0.4, -0.2) is 33.9 Å². The van der Waals surface area contributed by atoms with Crippen LogP contribution in [0.4, 0.5) is 10.3 Å². The second-order valence-corrected chi connectivity index (χ2v) is 8.14. The normalized spacial score (nSPS) is 11.4. The van der Waals surface area contributed by atoms with Crippen molar-refractivity contribution in [3.05, 3.63) is 101 Å². The van der Waals surface area contributed by atoms with Crippen molar-refractivity contribution in [1.29, 1.82) is 0 Å². The van der Waals surface area contributed by atoms with Gasteiger partial charge in [0.1, 0.15) is 12.1 Å². The predicted octanol–water partition coefficient (Wildman–Crippen LogP) is 3.91. The van der Waals surface area contributed by atoms with E-state index in [1.54, 1.807) is 43.7 Å². The van der Waals surface area contributed by atoms with Crippen LogP contribution in [0, 0.1) is 5.82 Å². The zero-order valence-electron chi connectivity index (χ0n) is 20.2. The molecule has 10 heteroatoms. The Morgan fingerprint density at radius 2 is 1.70 bits per heavy atom. The Labute approximate surface area is 220 Å². The van der Waals surface area contributed by atoms with Gasteiger partial charge in [0.2, 0.25) is 5.95 Å². The molecule has 1 atom stereocenters. The molecule has 0 aliphatic rings. The lowest BCUT2D eigenvalue weighted by molar-refractivity contribution is -0.107. The van der Waals surface area contributed by atoms with Gasteiger partial charge in [0, 0.05) is 37.6 Å². The maximum atomic E-state index is 13.6. The molecule has 0 amide bonds. The first kappa shape index (κ1) is 27.7. The molecular formula is C27H28ClFN6O2. The Morgan fingerprint density at radius 1 is 1.00 bits per heavy atom. The number of hydrogen-bond acceptors (Lipinski definition) is 7. The van der Waals surface area contributed by atoms with Gasteiger partial charge in [-0.25, -0.2) is 14.8 Å². The van der Waals surface area contributed by atoms with Crippen LogP contribution in [0.3, 0.4) is 0 Å². The highest BCUT2D eigenvalue weighted by atomic mass is 35.5. The van der Waals surface area contributed by atoms with Gasteiger partial charge in [0.15, 0.2) is 0 Å². The summed E-state index contributed by atoms with van der Waals surface area (Å²) in [4.78, 5) is 33.0. The summed E-state index contributed by atoms with van der Waals surface area (Å²) in [6.45, 7) is 0.689. The van der Waals surface area contributed by atoms with E-state index in [2.05, 4.69) is 21.2 Å². The fourth-order valence-electron chi connectivity index (χ4n) is 3.92. The standard InChI is InChI=1S/C27H27FN6O2.ClH/c1-34-26(36)24(20-7-9-22(28)10-8-20)25(21-11-14-29-15-12-21)32-27(34)30-16-13-23(33-31-17-18-35)19-5-3-2-4-6-19;/h2-12,14-15,18,23,31,33H,13,16-17H2,1H3,(H,30,32);1H/t23-;/m0./s1. The number of pyridine rings is 1. The number of anilines is 1. The molecule has 2 heterocycles. The minimum Gasteiger partial charge on any atom is -0.355 e. The number of carbonyl (C=O) groups excluding carboxylic acids is 1. The number of aldehydes is 1. The number of halogens is 2. The molecule has 0 bridgehead atoms. The molecule has 0 unspecified atom stereocenters. The summed E-state index contributed by atoms with van der Waals surface area (Å²) in [6.07, 6.45) is 4.71. The number of aromatic nitrogens is 3. The molecule has 0 aliphatic heterocycles. The monoisotopic (exact) mass is 522 g/mol. The van der Waals surface area contributed by atoms with Crippen molar-refractivity contribution < 1.29 is 9.18 Å². The fourth-order valence-corrected chi connectivity index (χ4v) is 3.92. The third-order valence-corrected chi connectivity index (χ3v) is 5.76. The molecule has 4 aromatic rings. The summed E-state index contributed by atoms with van der Waals surface area (Å²) >= 11 is 0. The molecule has 2 aromatic heterocycles. The summed E-state index contributed by atoms with van der Waals surface area (Å²) in [6, 6.07) is 19.2. The van der Waals surface area contributed by atoms with Gasteiger partial charge in [-0.1, -0.05) is 42.5 Å². The van der Waals surface area contributed by atoms with Crippen LogP contribution in [-0.2, 0) is 11.8 Å². The van der Waals surface area contributed by atoms with E-state index in [0.29, 0.717) is 35.7 Å². The maximum Gasteiger partial charge on any atom is 0.263 e. The lowest BCUT2D eigenvalue weighted by atomic mass is 10.0. The van der Waals surface area contributed by atoms with Gasteiger partial charge in [-0.2, -0.15) is 0 Å². The Morgan fingerprint density at radius 3 is 2.38 bits per heavy atom. The molecule has 0 saturated carbocycles. The SMILES string of the molecule is Cl.Cn1c(NCC[C@H](NNCC=O)c2ccccc2)nc(-c2ccncc2)c(-c2ccc(F)cc2)c1=O. The summed E-state index contributed by atoms with van der Waals surface area (Å²) < 4.78 is 15.0. The van der Waals surface area contributed by atoms with E-state index in [1.807, 2.05) is 30.3 Å². The van der Waals surface area contributed by atoms with Crippen molar-refractivity contribution >= 4 is 24.6 Å². The van der Waals surface area contributed by atoms with Crippen molar-refractivity contribution in [3.63, 3.8) is 0 Å². The first-order valence-electron chi connectivity index (χ1n) is 11.6. The zero-order valence-corrected chi connectivity index (χ0v) is 21.0. The Bertz CT molecular complexity index is 1350. The second kappa shape index (κ2) is 13.4. The number of rotatable bonds is 11. The van der Waals surface area contributed by atoms with Crippen molar-refractivity contribution in [2.75, 3.05) is 18.4 Å². The molecular weight excluding hydrogens is 495 g/mol. The zero-order chi connectivity index (χ0) is 25.3. The third kappa shape index (κ3) is 6.85. The number of hydrazine groups is 1. The van der Waals surface area contributed by atoms with E-state index < -0.39 is 0 Å². The molecule has 0 fully saturated rings. The first-order chi connectivity index (χ1) is 17.6. The maximum absolute atomic E-state index is 13.6. The van der Waals surface area contributed by atoms with Gasteiger partial charge < -0.3 is 10.1 Å². The molecule has 0 spiro atoms. The van der Waals surface area contributed by atoms with Crippen LogP contribution in [0.5, 0.6) is 0 Å². The summed E-state index contributed by atoms with van der Waals surface area (Å²) in [5, 5.41) is 3.28. The van der Waals surface area contributed by atoms with Gasteiger partial charge in [-0.15, -0.1) is 12.4 Å². The smallest absolute Gasteiger partial charge is 0.263 e. The quantitative estimate of drug-likeness (QED) is 0.156. The number of hydrogen-bond donors (Lipinski definition) is 3. The summed E-state index contributed by atoms with van der Waals surface area (Å²) in [5.74, 6) is 0.0295. The highest BCUT2D eigenvalue weighted by Crippen LogP contribution is 2.29. The van der Waals surface area contributed by atoms with Crippen LogP contribution in [0.2, 0.25) is 0 Å². The highest BCUT2D eigenvalue weighted by Gasteiger charge is 2.19. The molecule has 4 rings (SSSR count). The fraction of sp³-hybridized carbons (Fsp3) is 0.185. The second-order valence-electron chi connectivity index (χ2n) is 8.14. The van der Waals surface area contributed by atoms with E-state index in [0.717, 1.165) is 17.4 Å². The summed E-state index contributed by atoms with van der Waals surface area (Å²) in [7, 11) is 1.65. The Kier molecular flexibility index (Phi) is 10.0. The van der Waals surface area contributed by atoms with E-state index in [1.165, 1.54) is 16.7 Å². The number of nitrogens with one attached hydrogen (secondary N) is 3. The summed E-state index contributed by atoms with van der Waals surface area (Å²) in [5.41, 5.74) is 9.07. The molecule has 0 saturated heterocycles. The van der Waals surface area contributed by atoms with Crippen molar-refractivity contribution in [1.82, 2.24) is 25.4 Å². The molecule has 8 nitrogen and oxygen atoms in total. The van der Waals surface area contributed by atoms with E-state index in [9.17, 15) is 14.0 Å². The van der Waals surface area contributed by atoms with Crippen LogP contribution < -0.4 is 21.7 Å². The topological polar surface area (TPSA) is 101 Å². The van der Waals surface area contributed by atoms with Gasteiger partial charge in [0.05, 0.1) is 17.8 Å². The van der Waals surface area contributed by atoms with Gasteiger partial charge >= 0.3 is 0 Å². The predicted molar refractivity (Wildman–Crippen MR) is 145 cm³/mol. The van der Waals surface area contributed by atoms with Crippen molar-refractivity contribution in [3.8, 4) is 22.4 Å². The van der Waals surface area contributed by atoms with Crippen LogP contribution in [0.15, 0.2) is 83.9 Å². The van der Waals surface area contributed by atoms with Crippen molar-refractivity contribution in [2.24, 2.45) is 7.05 Å². The molecule has 0 aliphatic carbocycles. The average Bonchev–Trinajstić information content (AvgIpc) is 2.92. The van der Waals surface area contributed by atoms with Gasteiger partial charge in [-0.3, -0.25) is 19.8 Å². The lowest BCUT2D eigenvalue weighted by Gasteiger charge is -2.21. The minimum atomic E-state index is -0.378. The van der Waals surface area contributed by atoms with E-state index >= 15 is 0 Å². The van der Waals surface area contributed by atoms with E-state index in [4.69, 9.17) is 4.98 Å². The van der Waals surface area contributed by atoms with Crippen LogP contribution in [0.1, 0.15) is 18.0 Å². The first-order valence-corrected chi connectivity index (χ1v) is 11.6. The molecule has 192 valence electrons. The molecule has 0 radical (unpaired) electrons. The third-order valence-electron chi connectivity index (χ3n) is 5.76. The molecule has 2 aromatic carbocycles. The van der Waals surface area contributed by atoms with Crippen LogP contribution in [0.25, 0.3) is 22.4 Å². The lowest BCUT2D eigenvalue weighted by Crippen LogP contribution is -2.37. The highest BCUT2D eigenvalue weighted by molar-refractivity contribution is 5.85. The van der Waals surface area contributed by atoms with Gasteiger partial charge in [-0.05, 0) is 41.8 Å². The minimum absolute atomic E-state index is 0. The van der Waals surface area contributed by atoms with E-state index in [-0.39, 0.29) is 36.4 Å². The largest absolute Gasteiger partial charge is 0.355 e.